The topological polar surface area (TPSA) is 74.6 Å². The van der Waals surface area contributed by atoms with Gasteiger partial charge < -0.3 is 10.2 Å². The number of hydrogen-bond acceptors (Lipinski definition) is 2. The zero-order valence-electron chi connectivity index (χ0n) is 16.3. The zero-order valence-corrected chi connectivity index (χ0v) is 16.3. The maximum Gasteiger partial charge on any atom is 0.303 e. The van der Waals surface area contributed by atoms with E-state index in [1.54, 1.807) is 0 Å². The molecule has 0 heterocycles. The summed E-state index contributed by atoms with van der Waals surface area (Å²) in [6.07, 6.45) is 19.0. The van der Waals surface area contributed by atoms with Crippen LogP contribution in [0, 0.1) is 5.92 Å². The van der Waals surface area contributed by atoms with Crippen molar-refractivity contribution in [2.45, 2.75) is 116 Å². The molecule has 0 saturated heterocycles. The Morgan fingerprint density at radius 3 is 1.32 bits per heavy atom. The average Bonchev–Trinajstić information content (AvgIpc) is 2.53. The van der Waals surface area contributed by atoms with Crippen LogP contribution in [0.15, 0.2) is 0 Å². The molecule has 0 aromatic carbocycles. The minimum atomic E-state index is -0.675. The summed E-state index contributed by atoms with van der Waals surface area (Å²) < 4.78 is 0. The Bertz CT molecular complexity index is 328. The van der Waals surface area contributed by atoms with Crippen molar-refractivity contribution in [2.24, 2.45) is 5.92 Å². The van der Waals surface area contributed by atoms with Gasteiger partial charge >= 0.3 is 11.9 Å². The summed E-state index contributed by atoms with van der Waals surface area (Å²) in [7, 11) is 0. The molecule has 1 atom stereocenters. The summed E-state index contributed by atoms with van der Waals surface area (Å²) >= 11 is 0. The SMILES string of the molecule is CC(CCCCCCCCCCCCCCCCC(=O)O)CC(=O)O. The van der Waals surface area contributed by atoms with Gasteiger partial charge in [0, 0.05) is 12.8 Å². The van der Waals surface area contributed by atoms with E-state index >= 15 is 0 Å². The molecular weight excluding hydrogens is 316 g/mol. The van der Waals surface area contributed by atoms with E-state index in [4.69, 9.17) is 10.2 Å². The monoisotopic (exact) mass is 356 g/mol. The molecule has 0 radical (unpaired) electrons. The van der Waals surface area contributed by atoms with Crippen molar-refractivity contribution in [3.63, 3.8) is 0 Å². The number of aliphatic carboxylic acids is 2. The zero-order chi connectivity index (χ0) is 18.8. The summed E-state index contributed by atoms with van der Waals surface area (Å²) in [5.74, 6) is -1.03. The van der Waals surface area contributed by atoms with Crippen LogP contribution in [-0.2, 0) is 9.59 Å². The largest absolute Gasteiger partial charge is 0.481 e. The number of carboxylic acids is 2. The van der Waals surface area contributed by atoms with Crippen LogP contribution in [0.25, 0.3) is 0 Å². The van der Waals surface area contributed by atoms with Gasteiger partial charge in [-0.2, -0.15) is 0 Å². The summed E-state index contributed by atoms with van der Waals surface area (Å²) in [4.78, 5) is 20.9. The van der Waals surface area contributed by atoms with Crippen LogP contribution in [0.2, 0.25) is 0 Å². The Balaban J connectivity index is 3.09. The highest BCUT2D eigenvalue weighted by molar-refractivity contribution is 5.67. The second-order valence-corrected chi connectivity index (χ2v) is 7.59. The first-order valence-electron chi connectivity index (χ1n) is 10.5. The molecule has 2 N–H and O–H groups in total. The molecule has 25 heavy (non-hydrogen) atoms. The molecule has 0 bridgehead atoms. The number of carboxylic acid groups (broad SMARTS) is 2. The molecule has 0 aliphatic carbocycles. The Hall–Kier alpha value is -1.06. The molecular formula is C21H40O4. The predicted octanol–water partition coefficient (Wildman–Crippen LogP) is 6.42. The lowest BCUT2D eigenvalue weighted by Gasteiger charge is -2.08. The van der Waals surface area contributed by atoms with Crippen LogP contribution < -0.4 is 0 Å². The van der Waals surface area contributed by atoms with Crippen molar-refractivity contribution in [1.29, 1.82) is 0 Å². The first-order chi connectivity index (χ1) is 12.0. The van der Waals surface area contributed by atoms with E-state index in [1.165, 1.54) is 77.0 Å². The molecule has 148 valence electrons. The molecule has 0 rings (SSSR count). The third-order valence-electron chi connectivity index (χ3n) is 4.86. The summed E-state index contributed by atoms with van der Waals surface area (Å²) in [6, 6.07) is 0. The van der Waals surface area contributed by atoms with Gasteiger partial charge in [0.25, 0.3) is 0 Å². The quantitative estimate of drug-likeness (QED) is 0.262. The van der Waals surface area contributed by atoms with Crippen molar-refractivity contribution in [2.75, 3.05) is 0 Å². The van der Waals surface area contributed by atoms with Crippen LogP contribution >= 0.6 is 0 Å². The Morgan fingerprint density at radius 1 is 0.600 bits per heavy atom. The maximum atomic E-state index is 10.6. The van der Waals surface area contributed by atoms with E-state index in [2.05, 4.69) is 0 Å². The summed E-state index contributed by atoms with van der Waals surface area (Å²) in [5, 5.41) is 17.3. The molecule has 0 amide bonds. The lowest BCUT2D eigenvalue weighted by Crippen LogP contribution is -2.03. The highest BCUT2D eigenvalue weighted by Crippen LogP contribution is 2.16. The van der Waals surface area contributed by atoms with Crippen molar-refractivity contribution in [1.82, 2.24) is 0 Å². The van der Waals surface area contributed by atoms with Crippen LogP contribution in [0.5, 0.6) is 0 Å². The van der Waals surface area contributed by atoms with Crippen LogP contribution in [-0.4, -0.2) is 22.2 Å². The standard InChI is InChI=1S/C21H40O4/c1-19(18-21(24)25)16-14-12-10-8-6-4-2-3-5-7-9-11-13-15-17-20(22)23/h19H,2-18H2,1H3,(H,22,23)(H,24,25). The van der Waals surface area contributed by atoms with E-state index in [9.17, 15) is 9.59 Å². The van der Waals surface area contributed by atoms with Crippen molar-refractivity contribution in [3.8, 4) is 0 Å². The van der Waals surface area contributed by atoms with Gasteiger partial charge in [-0.1, -0.05) is 96.8 Å². The number of hydrogen-bond donors (Lipinski definition) is 2. The van der Waals surface area contributed by atoms with E-state index in [-0.39, 0.29) is 0 Å². The molecule has 0 fully saturated rings. The molecule has 0 spiro atoms. The van der Waals surface area contributed by atoms with E-state index in [0.29, 0.717) is 18.8 Å². The van der Waals surface area contributed by atoms with Gasteiger partial charge in [-0.05, 0) is 12.3 Å². The van der Waals surface area contributed by atoms with E-state index in [0.717, 1.165) is 19.3 Å². The van der Waals surface area contributed by atoms with E-state index < -0.39 is 11.9 Å². The molecule has 4 heteroatoms. The number of rotatable bonds is 19. The Kier molecular flexibility index (Phi) is 17.0. The molecule has 0 saturated carbocycles. The molecule has 0 aliphatic heterocycles. The van der Waals surface area contributed by atoms with Crippen LogP contribution in [0.1, 0.15) is 116 Å². The van der Waals surface area contributed by atoms with Gasteiger partial charge in [-0.15, -0.1) is 0 Å². The van der Waals surface area contributed by atoms with Crippen molar-refractivity contribution >= 4 is 11.9 Å². The van der Waals surface area contributed by atoms with Gasteiger partial charge in [0.15, 0.2) is 0 Å². The summed E-state index contributed by atoms with van der Waals surface area (Å²) in [6.45, 7) is 2.03. The molecule has 0 aromatic heterocycles. The molecule has 0 aliphatic rings. The number of carbonyl (C=O) groups is 2. The minimum Gasteiger partial charge on any atom is -0.481 e. The normalized spacial score (nSPS) is 12.2. The Labute approximate surface area is 154 Å². The smallest absolute Gasteiger partial charge is 0.303 e. The molecule has 4 nitrogen and oxygen atoms in total. The van der Waals surface area contributed by atoms with Gasteiger partial charge in [0.2, 0.25) is 0 Å². The highest BCUT2D eigenvalue weighted by Gasteiger charge is 2.06. The van der Waals surface area contributed by atoms with E-state index in [1.807, 2.05) is 6.92 Å². The second-order valence-electron chi connectivity index (χ2n) is 7.59. The lowest BCUT2D eigenvalue weighted by atomic mass is 9.99. The molecule has 1 unspecified atom stereocenters. The second kappa shape index (κ2) is 17.8. The molecule has 0 aromatic rings. The number of unbranched alkanes of at least 4 members (excludes halogenated alkanes) is 13. The fourth-order valence-corrected chi connectivity index (χ4v) is 3.29. The van der Waals surface area contributed by atoms with Gasteiger partial charge in [0.1, 0.15) is 0 Å². The third-order valence-corrected chi connectivity index (χ3v) is 4.86. The van der Waals surface area contributed by atoms with Crippen molar-refractivity contribution in [3.05, 3.63) is 0 Å². The average molecular weight is 357 g/mol. The summed E-state index contributed by atoms with van der Waals surface area (Å²) in [5.41, 5.74) is 0. The third kappa shape index (κ3) is 20.9. The van der Waals surface area contributed by atoms with Gasteiger partial charge in [0.05, 0.1) is 0 Å². The maximum absolute atomic E-state index is 10.6. The first kappa shape index (κ1) is 23.9. The fourth-order valence-electron chi connectivity index (χ4n) is 3.29. The Morgan fingerprint density at radius 2 is 0.960 bits per heavy atom. The minimum absolute atomic E-state index is 0.308. The predicted molar refractivity (Wildman–Crippen MR) is 103 cm³/mol. The van der Waals surface area contributed by atoms with Gasteiger partial charge in [-0.25, -0.2) is 0 Å². The van der Waals surface area contributed by atoms with Crippen LogP contribution in [0.4, 0.5) is 0 Å². The fraction of sp³-hybridized carbons (Fsp3) is 0.905. The first-order valence-corrected chi connectivity index (χ1v) is 10.5. The van der Waals surface area contributed by atoms with Gasteiger partial charge in [-0.3, -0.25) is 9.59 Å². The van der Waals surface area contributed by atoms with Crippen molar-refractivity contribution < 1.29 is 19.8 Å². The van der Waals surface area contributed by atoms with Crippen LogP contribution in [0.3, 0.4) is 0 Å². The lowest BCUT2D eigenvalue weighted by molar-refractivity contribution is -0.138. The highest BCUT2D eigenvalue weighted by atomic mass is 16.4.